The fourth-order valence-corrected chi connectivity index (χ4v) is 5.13. The zero-order valence-electron chi connectivity index (χ0n) is 17.8. The molecule has 180 valence electrons. The molecule has 1 amide bonds. The highest BCUT2D eigenvalue weighted by atomic mass is 32.2. The molecule has 0 spiro atoms. The number of ether oxygens (including phenoxy) is 3. The van der Waals surface area contributed by atoms with E-state index in [-0.39, 0.29) is 18.9 Å². The third-order valence-electron chi connectivity index (χ3n) is 5.02. The fraction of sp³-hybridized carbons (Fsp3) is 0.368. The first-order chi connectivity index (χ1) is 16.1. The van der Waals surface area contributed by atoms with Crippen LogP contribution in [0.3, 0.4) is 0 Å². The maximum atomic E-state index is 12.9. The molecule has 4 atom stereocenters. The molecule has 0 radical (unpaired) electrons. The first-order valence-corrected chi connectivity index (χ1v) is 11.0. The number of nitrogens with zero attached hydrogens (tertiary/aromatic N) is 4. The number of fused-ring (bicyclic) bond motifs is 1. The molecule has 2 aliphatic rings. The van der Waals surface area contributed by atoms with Crippen molar-refractivity contribution in [2.45, 2.75) is 31.9 Å². The second kappa shape index (κ2) is 9.80. The van der Waals surface area contributed by atoms with Crippen LogP contribution in [0.15, 0.2) is 35.7 Å². The molecule has 15 heteroatoms. The standard InChI is InChI=1S/C19H18N4O10S/c1-3-31-14-13(18(25)26)22-16(24)12(17(22)34(30)15(14)21-20)9(2)33-19(27)32-8-10-4-6-11(7-5-10)23(28)29/h4-7,9,12,17H,3,8H2,1-2H3,(H,25,26)/t9?,12-,17-,34-/m0/s1. The maximum absolute atomic E-state index is 12.9. The van der Waals surface area contributed by atoms with Crippen LogP contribution in [-0.4, -0.2) is 65.1 Å². The molecule has 1 unspecified atom stereocenters. The lowest BCUT2D eigenvalue weighted by molar-refractivity contribution is -0.384. The van der Waals surface area contributed by atoms with Crippen molar-refractivity contribution in [1.29, 1.82) is 0 Å². The van der Waals surface area contributed by atoms with Crippen molar-refractivity contribution in [2.24, 2.45) is 5.92 Å². The Kier molecular flexibility index (Phi) is 7.08. The lowest BCUT2D eigenvalue weighted by Crippen LogP contribution is -2.69. The van der Waals surface area contributed by atoms with Crippen molar-refractivity contribution in [3.63, 3.8) is 0 Å². The highest BCUT2D eigenvalue weighted by Crippen LogP contribution is 2.41. The van der Waals surface area contributed by atoms with Crippen molar-refractivity contribution >= 4 is 39.6 Å². The molecular formula is C19H18N4O10S. The van der Waals surface area contributed by atoms with Gasteiger partial charge in [0.05, 0.1) is 11.5 Å². The smallest absolute Gasteiger partial charge is 0.484 e. The highest BCUT2D eigenvalue weighted by Gasteiger charge is 2.64. The SMILES string of the molecule is CCOC1=C(C(=O)O)N2C(=O)[C@H](C(C)OC(=O)OCc3ccc([N+](=O)[O-])cc3)[C@@H]2[S@@](=O)C1=[N+]=[N-]. The average Bonchev–Trinajstić information content (AvgIpc) is 2.78. The van der Waals surface area contributed by atoms with Gasteiger partial charge in [0.25, 0.3) is 11.4 Å². The Morgan fingerprint density at radius 2 is 2.00 bits per heavy atom. The number of non-ortho nitro benzene ring substituents is 1. The number of hydrogen-bond acceptors (Lipinski definition) is 9. The van der Waals surface area contributed by atoms with Crippen LogP contribution in [-0.2, 0) is 41.2 Å². The Hall–Kier alpha value is -4.10. The number of benzene rings is 1. The van der Waals surface area contributed by atoms with Gasteiger partial charge in [-0.15, -0.1) is 0 Å². The molecule has 1 aromatic carbocycles. The van der Waals surface area contributed by atoms with Gasteiger partial charge in [-0.3, -0.25) is 19.8 Å². The van der Waals surface area contributed by atoms with E-state index in [4.69, 9.17) is 14.2 Å². The molecule has 0 aromatic heterocycles. The van der Waals surface area contributed by atoms with E-state index in [0.29, 0.717) is 5.56 Å². The minimum atomic E-state index is -2.19. The lowest BCUT2D eigenvalue weighted by atomic mass is 9.91. The summed E-state index contributed by atoms with van der Waals surface area (Å²) in [7, 11) is -2.19. The predicted octanol–water partition coefficient (Wildman–Crippen LogP) is 1.14. The van der Waals surface area contributed by atoms with Crippen molar-refractivity contribution < 1.29 is 47.6 Å². The minimum absolute atomic E-state index is 0.0431. The number of β-lactam (4-membered cyclic amide) rings is 1. The van der Waals surface area contributed by atoms with Crippen LogP contribution in [0.4, 0.5) is 10.5 Å². The number of carboxylic acid groups (broad SMARTS) is 1. The van der Waals surface area contributed by atoms with Gasteiger partial charge in [-0.25, -0.2) is 13.8 Å². The van der Waals surface area contributed by atoms with E-state index < -0.39 is 67.7 Å². The van der Waals surface area contributed by atoms with Crippen LogP contribution in [0.25, 0.3) is 5.53 Å². The molecular weight excluding hydrogens is 476 g/mol. The van der Waals surface area contributed by atoms with Crippen LogP contribution < -0.4 is 0 Å². The monoisotopic (exact) mass is 494 g/mol. The van der Waals surface area contributed by atoms with Gasteiger partial charge >= 0.3 is 17.2 Å². The van der Waals surface area contributed by atoms with Gasteiger partial charge in [-0.2, -0.15) is 4.79 Å². The number of aliphatic carboxylic acids is 1. The molecule has 0 aliphatic carbocycles. The van der Waals surface area contributed by atoms with E-state index in [1.807, 2.05) is 0 Å². The van der Waals surface area contributed by atoms with E-state index in [2.05, 4.69) is 4.79 Å². The van der Waals surface area contributed by atoms with E-state index in [1.54, 1.807) is 0 Å². The van der Waals surface area contributed by atoms with Gasteiger partial charge in [0.1, 0.15) is 24.0 Å². The minimum Gasteiger partial charge on any atom is -0.484 e. The summed E-state index contributed by atoms with van der Waals surface area (Å²) < 4.78 is 28.1. The fourth-order valence-electron chi connectivity index (χ4n) is 3.48. The normalized spacial score (nSPS) is 22.2. The number of nitro benzene ring substituents is 1. The number of amides is 1. The first kappa shape index (κ1) is 24.5. The summed E-state index contributed by atoms with van der Waals surface area (Å²) in [4.78, 5) is 50.3. The molecule has 1 saturated heterocycles. The molecule has 14 nitrogen and oxygen atoms in total. The van der Waals surface area contributed by atoms with Crippen molar-refractivity contribution in [2.75, 3.05) is 6.61 Å². The van der Waals surface area contributed by atoms with E-state index in [1.165, 1.54) is 38.1 Å². The Labute approximate surface area is 193 Å². The van der Waals surface area contributed by atoms with Crippen molar-refractivity contribution in [1.82, 2.24) is 4.90 Å². The van der Waals surface area contributed by atoms with E-state index in [9.17, 15) is 39.3 Å². The average molecular weight is 494 g/mol. The van der Waals surface area contributed by atoms with Crippen LogP contribution in [0, 0.1) is 16.0 Å². The Morgan fingerprint density at radius 3 is 2.53 bits per heavy atom. The summed E-state index contributed by atoms with van der Waals surface area (Å²) in [5.41, 5.74) is 8.96. The molecule has 2 heterocycles. The number of hydrogen-bond donors (Lipinski definition) is 1. The summed E-state index contributed by atoms with van der Waals surface area (Å²) >= 11 is 0. The number of carbonyl (C=O) groups excluding carboxylic acids is 2. The lowest BCUT2D eigenvalue weighted by Gasteiger charge is -2.48. The van der Waals surface area contributed by atoms with Crippen molar-refractivity contribution in [3.05, 3.63) is 56.9 Å². The Balaban J connectivity index is 1.71. The second-order valence-corrected chi connectivity index (χ2v) is 8.49. The van der Waals surface area contributed by atoms with Gasteiger partial charge in [0.15, 0.2) is 16.5 Å². The number of carboxylic acids is 1. The number of carbonyl (C=O) groups is 3. The summed E-state index contributed by atoms with van der Waals surface area (Å²) in [5, 5.41) is 18.4. The zero-order valence-corrected chi connectivity index (χ0v) is 18.6. The van der Waals surface area contributed by atoms with E-state index >= 15 is 0 Å². The van der Waals surface area contributed by atoms with Crippen molar-refractivity contribution in [3.8, 4) is 0 Å². The molecule has 1 aromatic rings. The van der Waals surface area contributed by atoms with Gasteiger partial charge in [-0.05, 0) is 31.5 Å². The predicted molar refractivity (Wildman–Crippen MR) is 111 cm³/mol. The summed E-state index contributed by atoms with van der Waals surface area (Å²) in [6, 6.07) is 5.24. The van der Waals surface area contributed by atoms with Crippen LogP contribution >= 0.6 is 0 Å². The molecule has 2 aliphatic heterocycles. The maximum Gasteiger partial charge on any atom is 0.508 e. The third kappa shape index (κ3) is 4.38. The molecule has 1 fully saturated rings. The Morgan fingerprint density at radius 1 is 1.35 bits per heavy atom. The Bertz CT molecular complexity index is 1160. The number of nitro groups is 1. The largest absolute Gasteiger partial charge is 0.508 e. The first-order valence-electron chi connectivity index (χ1n) is 9.75. The third-order valence-corrected chi connectivity index (χ3v) is 6.61. The molecule has 3 rings (SSSR count). The molecule has 0 bridgehead atoms. The summed E-state index contributed by atoms with van der Waals surface area (Å²) in [6.07, 6.45) is -2.34. The quantitative estimate of drug-likeness (QED) is 0.136. The van der Waals surface area contributed by atoms with Gasteiger partial charge in [0.2, 0.25) is 5.91 Å². The topological polar surface area (TPSA) is 199 Å². The molecule has 1 N–H and O–H groups in total. The summed E-state index contributed by atoms with van der Waals surface area (Å²) in [6.45, 7) is 2.55. The van der Waals surface area contributed by atoms with Gasteiger partial charge in [0, 0.05) is 12.1 Å². The number of rotatable bonds is 8. The molecule has 0 saturated carbocycles. The van der Waals surface area contributed by atoms with Gasteiger partial charge < -0.3 is 24.8 Å². The van der Waals surface area contributed by atoms with Gasteiger partial charge in [-0.1, -0.05) is 0 Å². The van der Waals surface area contributed by atoms with Crippen LogP contribution in [0.1, 0.15) is 19.4 Å². The van der Waals surface area contributed by atoms with Crippen LogP contribution in [0.2, 0.25) is 0 Å². The van der Waals surface area contributed by atoms with E-state index in [0.717, 1.165) is 4.90 Å². The van der Waals surface area contributed by atoms with Crippen LogP contribution in [0.5, 0.6) is 0 Å². The second-order valence-electron chi connectivity index (χ2n) is 7.03. The zero-order chi connectivity index (χ0) is 25.2. The molecule has 34 heavy (non-hydrogen) atoms. The summed E-state index contributed by atoms with van der Waals surface area (Å²) in [5.74, 6) is -4.04. The highest BCUT2D eigenvalue weighted by molar-refractivity contribution is 8.01.